The molecule has 0 radical (unpaired) electrons. The summed E-state index contributed by atoms with van der Waals surface area (Å²) in [4.78, 5) is 17.0. The number of nitrogens with zero attached hydrogens (tertiary/aromatic N) is 2. The van der Waals surface area contributed by atoms with Crippen molar-refractivity contribution in [2.24, 2.45) is 0 Å². The van der Waals surface area contributed by atoms with Gasteiger partial charge in [0.2, 0.25) is 0 Å². The lowest BCUT2D eigenvalue weighted by molar-refractivity contribution is 0.251. The highest BCUT2D eigenvalue weighted by Gasteiger charge is 2.15. The van der Waals surface area contributed by atoms with Crippen molar-refractivity contribution in [2.75, 3.05) is 18.5 Å². The number of rotatable bonds is 12. The van der Waals surface area contributed by atoms with Crippen LogP contribution in [0.3, 0.4) is 0 Å². The van der Waals surface area contributed by atoms with E-state index < -0.39 is 0 Å². The number of ether oxygens (including phenoxy) is 1. The van der Waals surface area contributed by atoms with Crippen molar-refractivity contribution in [1.29, 1.82) is 0 Å². The fourth-order valence-corrected chi connectivity index (χ4v) is 3.94. The number of anilines is 1. The number of hydrogen-bond donors (Lipinski definition) is 3. The number of imidazole rings is 1. The Balaban J connectivity index is 1.60. The summed E-state index contributed by atoms with van der Waals surface area (Å²) in [5, 5.41) is 15.7. The number of hydrogen-bond acceptors (Lipinski definition) is 4. The zero-order valence-corrected chi connectivity index (χ0v) is 20.4. The molecule has 0 saturated heterocycles. The van der Waals surface area contributed by atoms with Crippen LogP contribution in [0.2, 0.25) is 0 Å². The van der Waals surface area contributed by atoms with Gasteiger partial charge in [0, 0.05) is 24.3 Å². The minimum Gasteiger partial charge on any atom is -0.491 e. The SMILES string of the molecule is CCCCCNC(=O)Nc1c(C)cccc1OCCCn1c(CO)nc(-c2ccccc2)c1C. The summed E-state index contributed by atoms with van der Waals surface area (Å²) in [6.07, 6.45) is 3.91. The van der Waals surface area contributed by atoms with Crippen LogP contribution in [0.25, 0.3) is 11.3 Å². The molecule has 0 saturated carbocycles. The summed E-state index contributed by atoms with van der Waals surface area (Å²) in [6.45, 7) is 7.80. The van der Waals surface area contributed by atoms with Crippen molar-refractivity contribution in [3.8, 4) is 17.0 Å². The van der Waals surface area contributed by atoms with E-state index in [1.807, 2.05) is 66.9 Å². The van der Waals surface area contributed by atoms with Crippen LogP contribution < -0.4 is 15.4 Å². The summed E-state index contributed by atoms with van der Waals surface area (Å²) < 4.78 is 8.10. The molecule has 1 heterocycles. The van der Waals surface area contributed by atoms with E-state index in [-0.39, 0.29) is 12.6 Å². The highest BCUT2D eigenvalue weighted by Crippen LogP contribution is 2.28. The molecule has 34 heavy (non-hydrogen) atoms. The van der Waals surface area contributed by atoms with Crippen LogP contribution in [0, 0.1) is 13.8 Å². The van der Waals surface area contributed by atoms with E-state index in [1.54, 1.807) is 0 Å². The van der Waals surface area contributed by atoms with Gasteiger partial charge in [-0.2, -0.15) is 0 Å². The van der Waals surface area contributed by atoms with E-state index in [9.17, 15) is 9.90 Å². The number of aliphatic hydroxyl groups excluding tert-OH is 1. The van der Waals surface area contributed by atoms with Crippen molar-refractivity contribution in [3.05, 3.63) is 65.6 Å². The van der Waals surface area contributed by atoms with Crippen LogP contribution in [-0.2, 0) is 13.2 Å². The zero-order chi connectivity index (χ0) is 24.3. The molecule has 0 unspecified atom stereocenters. The molecule has 0 aliphatic rings. The van der Waals surface area contributed by atoms with Crippen LogP contribution in [0.15, 0.2) is 48.5 Å². The fraction of sp³-hybridized carbons (Fsp3) is 0.407. The van der Waals surface area contributed by atoms with Gasteiger partial charge in [-0.15, -0.1) is 0 Å². The van der Waals surface area contributed by atoms with Crippen LogP contribution in [0.5, 0.6) is 5.75 Å². The number of nitrogens with one attached hydrogen (secondary N) is 2. The first kappa shape index (κ1) is 25.3. The van der Waals surface area contributed by atoms with Gasteiger partial charge >= 0.3 is 6.03 Å². The summed E-state index contributed by atoms with van der Waals surface area (Å²) in [5.74, 6) is 1.30. The summed E-state index contributed by atoms with van der Waals surface area (Å²) >= 11 is 0. The molecule has 0 aliphatic heterocycles. The smallest absolute Gasteiger partial charge is 0.319 e. The average molecular weight is 465 g/mol. The van der Waals surface area contributed by atoms with Crippen molar-refractivity contribution in [2.45, 2.75) is 59.6 Å². The van der Waals surface area contributed by atoms with Crippen molar-refractivity contribution in [1.82, 2.24) is 14.9 Å². The Labute approximate surface area is 202 Å². The molecule has 0 atom stereocenters. The van der Waals surface area contributed by atoms with Crippen LogP contribution >= 0.6 is 0 Å². The summed E-state index contributed by atoms with van der Waals surface area (Å²) in [7, 11) is 0. The highest BCUT2D eigenvalue weighted by atomic mass is 16.5. The Hall–Kier alpha value is -3.32. The van der Waals surface area contributed by atoms with Crippen LogP contribution in [0.1, 0.15) is 49.7 Å². The molecule has 7 heteroatoms. The summed E-state index contributed by atoms with van der Waals surface area (Å²) in [5.41, 5.74) is 4.58. The third kappa shape index (κ3) is 6.60. The maximum atomic E-state index is 12.3. The molecule has 182 valence electrons. The molecule has 0 fully saturated rings. The largest absolute Gasteiger partial charge is 0.491 e. The number of unbranched alkanes of at least 4 members (excludes halogenated alkanes) is 2. The highest BCUT2D eigenvalue weighted by molar-refractivity contribution is 5.91. The third-order valence-electron chi connectivity index (χ3n) is 5.81. The number of carbonyl (C=O) groups excluding carboxylic acids is 1. The average Bonchev–Trinajstić information content (AvgIpc) is 3.17. The molecule has 3 rings (SSSR count). The number of urea groups is 1. The fourth-order valence-electron chi connectivity index (χ4n) is 3.94. The Morgan fingerprint density at radius 2 is 1.85 bits per heavy atom. The predicted octanol–water partition coefficient (Wildman–Crippen LogP) is 5.44. The molecule has 0 spiro atoms. The first-order chi connectivity index (χ1) is 16.5. The van der Waals surface area contributed by atoms with Crippen molar-refractivity contribution in [3.63, 3.8) is 0 Å². The Morgan fingerprint density at radius 1 is 1.06 bits per heavy atom. The maximum absolute atomic E-state index is 12.3. The van der Waals surface area contributed by atoms with E-state index in [0.717, 1.165) is 48.2 Å². The van der Waals surface area contributed by atoms with E-state index in [1.165, 1.54) is 0 Å². The van der Waals surface area contributed by atoms with Gasteiger partial charge in [-0.05, 0) is 38.3 Å². The second kappa shape index (κ2) is 12.8. The number of aromatic nitrogens is 2. The van der Waals surface area contributed by atoms with E-state index >= 15 is 0 Å². The van der Waals surface area contributed by atoms with Gasteiger partial charge in [0.25, 0.3) is 0 Å². The molecule has 0 bridgehead atoms. The van der Waals surface area contributed by atoms with Gasteiger partial charge in [0.05, 0.1) is 18.0 Å². The number of carbonyl (C=O) groups is 1. The first-order valence-corrected chi connectivity index (χ1v) is 12.0. The minimum atomic E-state index is -0.217. The molecule has 2 amide bonds. The van der Waals surface area contributed by atoms with Gasteiger partial charge in [0.1, 0.15) is 18.2 Å². The molecule has 0 aliphatic carbocycles. The Morgan fingerprint density at radius 3 is 2.59 bits per heavy atom. The van der Waals surface area contributed by atoms with E-state index in [4.69, 9.17) is 4.74 Å². The minimum absolute atomic E-state index is 0.117. The van der Waals surface area contributed by atoms with Crippen LogP contribution in [-0.4, -0.2) is 33.8 Å². The molecule has 7 nitrogen and oxygen atoms in total. The molecule has 1 aromatic heterocycles. The maximum Gasteiger partial charge on any atom is 0.319 e. The van der Waals surface area contributed by atoms with Gasteiger partial charge in [-0.3, -0.25) is 0 Å². The van der Waals surface area contributed by atoms with Gasteiger partial charge < -0.3 is 25.0 Å². The second-order valence-corrected chi connectivity index (χ2v) is 8.38. The molecule has 3 aromatic rings. The normalized spacial score (nSPS) is 10.8. The summed E-state index contributed by atoms with van der Waals surface area (Å²) in [6, 6.07) is 15.5. The van der Waals surface area contributed by atoms with Gasteiger partial charge in [-0.25, -0.2) is 9.78 Å². The van der Waals surface area contributed by atoms with Crippen molar-refractivity contribution >= 4 is 11.7 Å². The topological polar surface area (TPSA) is 88.4 Å². The quantitative estimate of drug-likeness (QED) is 0.311. The lowest BCUT2D eigenvalue weighted by Gasteiger charge is -2.16. The molecule has 2 aromatic carbocycles. The predicted molar refractivity (Wildman–Crippen MR) is 136 cm³/mol. The van der Waals surface area contributed by atoms with E-state index in [2.05, 4.69) is 22.5 Å². The lowest BCUT2D eigenvalue weighted by Crippen LogP contribution is -2.30. The number of aliphatic hydroxyl groups is 1. The zero-order valence-electron chi connectivity index (χ0n) is 20.4. The lowest BCUT2D eigenvalue weighted by atomic mass is 10.1. The standard InChI is InChI=1S/C27H36N4O3/c1-4-5-9-16-28-27(33)30-25-20(2)12-10-15-23(25)34-18-11-17-31-21(3)26(29-24(31)19-32)22-13-7-6-8-14-22/h6-8,10,12-15,32H,4-5,9,11,16-19H2,1-3H3,(H2,28,30,33). The number of aryl methyl sites for hydroxylation is 1. The number of benzene rings is 2. The molecular formula is C27H36N4O3. The van der Waals surface area contributed by atoms with Crippen molar-refractivity contribution < 1.29 is 14.6 Å². The number of para-hydroxylation sites is 1. The Kier molecular flexibility index (Phi) is 9.52. The second-order valence-electron chi connectivity index (χ2n) is 8.38. The number of amides is 2. The molecule has 3 N–H and O–H groups in total. The van der Waals surface area contributed by atoms with E-state index in [0.29, 0.717) is 37.0 Å². The first-order valence-electron chi connectivity index (χ1n) is 12.0. The molecular weight excluding hydrogens is 428 g/mol. The Bertz CT molecular complexity index is 1060. The third-order valence-corrected chi connectivity index (χ3v) is 5.81. The van der Waals surface area contributed by atoms with Gasteiger partial charge in [0.15, 0.2) is 0 Å². The van der Waals surface area contributed by atoms with Crippen LogP contribution in [0.4, 0.5) is 10.5 Å². The van der Waals surface area contributed by atoms with Gasteiger partial charge in [-0.1, -0.05) is 62.2 Å². The monoisotopic (exact) mass is 464 g/mol.